The molecule has 0 aliphatic heterocycles. The Morgan fingerprint density at radius 3 is 1.91 bits per heavy atom. The molecule has 0 atom stereocenters. The van der Waals surface area contributed by atoms with Gasteiger partial charge in [0.2, 0.25) is 5.91 Å². The third-order valence-corrected chi connectivity index (χ3v) is 7.00. The van der Waals surface area contributed by atoms with Crippen molar-refractivity contribution < 1.29 is 17.9 Å². The molecule has 1 amide bonds. The van der Waals surface area contributed by atoms with E-state index in [1.807, 2.05) is 38.1 Å². The lowest BCUT2D eigenvalue weighted by Gasteiger charge is -2.27. The number of hydrogen-bond donors (Lipinski definition) is 0. The highest BCUT2D eigenvalue weighted by Crippen LogP contribution is 2.26. The zero-order chi connectivity index (χ0) is 23.3. The third-order valence-electron chi connectivity index (χ3n) is 5.21. The smallest absolute Gasteiger partial charge is 0.264 e. The van der Waals surface area contributed by atoms with E-state index < -0.39 is 10.0 Å². The lowest BCUT2D eigenvalue weighted by atomic mass is 10.1. The second-order valence-electron chi connectivity index (χ2n) is 7.76. The molecule has 0 aliphatic carbocycles. The number of nitrogens with zero attached hydrogens (tertiary/aromatic N) is 2. The molecular formula is C25H28N2O4S. The molecule has 0 spiro atoms. The Morgan fingerprint density at radius 1 is 0.844 bits per heavy atom. The van der Waals surface area contributed by atoms with Crippen molar-refractivity contribution >= 4 is 21.6 Å². The zero-order valence-corrected chi connectivity index (χ0v) is 19.6. The van der Waals surface area contributed by atoms with Gasteiger partial charge in [0.1, 0.15) is 12.3 Å². The molecule has 0 unspecified atom stereocenters. The summed E-state index contributed by atoms with van der Waals surface area (Å²) in [5.41, 5.74) is 3.46. The molecule has 0 saturated heterocycles. The SMILES string of the molecule is COc1ccc(N(CC(=O)N(C)Cc2ccc(C)cc2)S(=O)(=O)c2ccc(C)cc2)cc1. The van der Waals surface area contributed by atoms with Crippen molar-refractivity contribution in [3.05, 3.63) is 89.5 Å². The Morgan fingerprint density at radius 2 is 1.38 bits per heavy atom. The fraction of sp³-hybridized carbons (Fsp3) is 0.240. The van der Waals surface area contributed by atoms with Crippen LogP contribution in [0.4, 0.5) is 5.69 Å². The molecule has 3 aromatic carbocycles. The van der Waals surface area contributed by atoms with Crippen LogP contribution in [0, 0.1) is 13.8 Å². The van der Waals surface area contributed by atoms with Gasteiger partial charge in [-0.3, -0.25) is 9.10 Å². The van der Waals surface area contributed by atoms with Crippen LogP contribution in [0.1, 0.15) is 16.7 Å². The fourth-order valence-electron chi connectivity index (χ4n) is 3.20. The number of carbonyl (C=O) groups is 1. The highest BCUT2D eigenvalue weighted by molar-refractivity contribution is 7.92. The fourth-order valence-corrected chi connectivity index (χ4v) is 4.61. The summed E-state index contributed by atoms with van der Waals surface area (Å²) in [6, 6.07) is 21.1. The minimum absolute atomic E-state index is 0.132. The van der Waals surface area contributed by atoms with Gasteiger partial charge < -0.3 is 9.64 Å². The first-order chi connectivity index (χ1) is 15.2. The Hall–Kier alpha value is -3.32. The van der Waals surface area contributed by atoms with Crippen LogP contribution in [0.5, 0.6) is 5.75 Å². The summed E-state index contributed by atoms with van der Waals surface area (Å²) in [6.07, 6.45) is 0. The molecule has 0 heterocycles. The maximum absolute atomic E-state index is 13.5. The van der Waals surface area contributed by atoms with E-state index in [-0.39, 0.29) is 17.3 Å². The van der Waals surface area contributed by atoms with Crippen molar-refractivity contribution in [1.82, 2.24) is 4.90 Å². The topological polar surface area (TPSA) is 66.9 Å². The van der Waals surface area contributed by atoms with Crippen molar-refractivity contribution in [2.75, 3.05) is 25.0 Å². The molecule has 0 radical (unpaired) electrons. The van der Waals surface area contributed by atoms with Crippen LogP contribution in [0.3, 0.4) is 0 Å². The number of sulfonamides is 1. The van der Waals surface area contributed by atoms with Crippen LogP contribution in [-0.4, -0.2) is 39.9 Å². The zero-order valence-electron chi connectivity index (χ0n) is 18.8. The van der Waals surface area contributed by atoms with Crippen LogP contribution in [0.15, 0.2) is 77.7 Å². The van der Waals surface area contributed by atoms with Crippen LogP contribution in [0.25, 0.3) is 0 Å². The van der Waals surface area contributed by atoms with Gasteiger partial charge in [-0.15, -0.1) is 0 Å². The molecule has 0 saturated carbocycles. The minimum atomic E-state index is -3.95. The molecule has 0 fully saturated rings. The number of ether oxygens (including phenoxy) is 1. The number of likely N-dealkylation sites (N-methyl/N-ethyl adjacent to an activating group) is 1. The molecule has 3 rings (SSSR count). The molecule has 7 heteroatoms. The molecule has 3 aromatic rings. The van der Waals surface area contributed by atoms with Crippen LogP contribution in [0.2, 0.25) is 0 Å². The van der Waals surface area contributed by atoms with Gasteiger partial charge in [0.25, 0.3) is 10.0 Å². The van der Waals surface area contributed by atoms with Crippen molar-refractivity contribution in [2.24, 2.45) is 0 Å². The van der Waals surface area contributed by atoms with Gasteiger partial charge in [-0.05, 0) is 55.8 Å². The standard InChI is InChI=1S/C25H28N2O4S/c1-19-5-9-21(10-6-19)17-26(3)25(28)18-27(22-11-13-23(31-4)14-12-22)32(29,30)24-15-7-20(2)8-16-24/h5-16H,17-18H2,1-4H3. The molecule has 32 heavy (non-hydrogen) atoms. The molecule has 6 nitrogen and oxygen atoms in total. The maximum atomic E-state index is 13.5. The first-order valence-corrected chi connectivity index (χ1v) is 11.7. The van der Waals surface area contributed by atoms with Gasteiger partial charge in [-0.2, -0.15) is 0 Å². The normalized spacial score (nSPS) is 11.1. The van der Waals surface area contributed by atoms with E-state index in [2.05, 4.69) is 0 Å². The van der Waals surface area contributed by atoms with Crippen molar-refractivity contribution in [3.63, 3.8) is 0 Å². The van der Waals surface area contributed by atoms with Crippen molar-refractivity contribution in [2.45, 2.75) is 25.3 Å². The number of aryl methyl sites for hydroxylation is 2. The summed E-state index contributed by atoms with van der Waals surface area (Å²) in [5, 5.41) is 0. The van der Waals surface area contributed by atoms with Gasteiger partial charge >= 0.3 is 0 Å². The Balaban J connectivity index is 1.90. The summed E-state index contributed by atoms with van der Waals surface area (Å²) >= 11 is 0. The number of rotatable bonds is 8. The highest BCUT2D eigenvalue weighted by Gasteiger charge is 2.28. The number of anilines is 1. The summed E-state index contributed by atoms with van der Waals surface area (Å²) in [5.74, 6) is 0.293. The first kappa shape index (κ1) is 23.3. The van der Waals surface area contributed by atoms with Gasteiger partial charge in [0, 0.05) is 13.6 Å². The van der Waals surface area contributed by atoms with Crippen molar-refractivity contribution in [1.29, 1.82) is 0 Å². The molecular weight excluding hydrogens is 424 g/mol. The van der Waals surface area contributed by atoms with Gasteiger partial charge in [0.05, 0.1) is 17.7 Å². The van der Waals surface area contributed by atoms with Gasteiger partial charge in [-0.25, -0.2) is 8.42 Å². The van der Waals surface area contributed by atoms with Gasteiger partial charge in [0.15, 0.2) is 0 Å². The Bertz CT molecular complexity index is 1160. The number of amides is 1. The van der Waals surface area contributed by atoms with Crippen LogP contribution in [-0.2, 0) is 21.4 Å². The van der Waals surface area contributed by atoms with Crippen molar-refractivity contribution in [3.8, 4) is 5.75 Å². The third kappa shape index (κ3) is 5.48. The first-order valence-electron chi connectivity index (χ1n) is 10.2. The van der Waals surface area contributed by atoms with Gasteiger partial charge in [-0.1, -0.05) is 47.5 Å². The predicted octanol–water partition coefficient (Wildman–Crippen LogP) is 4.17. The summed E-state index contributed by atoms with van der Waals surface area (Å²) in [6.45, 7) is 3.97. The quantitative estimate of drug-likeness (QED) is 0.515. The lowest BCUT2D eigenvalue weighted by molar-refractivity contribution is -0.128. The van der Waals surface area contributed by atoms with Crippen LogP contribution < -0.4 is 9.04 Å². The summed E-state index contributed by atoms with van der Waals surface area (Å²) in [7, 11) is -0.738. The average Bonchev–Trinajstić information content (AvgIpc) is 2.79. The van der Waals surface area contributed by atoms with E-state index in [0.29, 0.717) is 18.0 Å². The molecule has 0 aliphatic rings. The van der Waals surface area contributed by atoms with E-state index >= 15 is 0 Å². The minimum Gasteiger partial charge on any atom is -0.497 e. The highest BCUT2D eigenvalue weighted by atomic mass is 32.2. The van der Waals surface area contributed by atoms with E-state index in [1.54, 1.807) is 62.7 Å². The monoisotopic (exact) mass is 452 g/mol. The number of methoxy groups -OCH3 is 1. The molecule has 0 N–H and O–H groups in total. The summed E-state index contributed by atoms with van der Waals surface area (Å²) in [4.78, 5) is 14.7. The second-order valence-corrected chi connectivity index (χ2v) is 9.62. The number of benzene rings is 3. The molecule has 168 valence electrons. The van der Waals surface area contributed by atoms with E-state index in [0.717, 1.165) is 21.0 Å². The lowest BCUT2D eigenvalue weighted by Crippen LogP contribution is -2.41. The van der Waals surface area contributed by atoms with E-state index in [9.17, 15) is 13.2 Å². The maximum Gasteiger partial charge on any atom is 0.264 e. The average molecular weight is 453 g/mol. The van der Waals surface area contributed by atoms with E-state index in [1.165, 1.54) is 4.90 Å². The van der Waals surface area contributed by atoms with E-state index in [4.69, 9.17) is 4.74 Å². The number of carbonyl (C=O) groups excluding carboxylic acids is 1. The Labute approximate surface area is 190 Å². The summed E-state index contributed by atoms with van der Waals surface area (Å²) < 4.78 is 33.3. The largest absolute Gasteiger partial charge is 0.497 e. The Kier molecular flexibility index (Phi) is 7.20. The number of hydrogen-bond acceptors (Lipinski definition) is 4. The second kappa shape index (κ2) is 9.87. The molecule has 0 bridgehead atoms. The molecule has 0 aromatic heterocycles. The van der Waals surface area contributed by atoms with Crippen LogP contribution >= 0.6 is 0 Å². The predicted molar refractivity (Wildman–Crippen MR) is 126 cm³/mol.